The number of hydrogen-bond acceptors (Lipinski definition) is 7. The Labute approximate surface area is 203 Å². The minimum absolute atomic E-state index is 0.102. The quantitative estimate of drug-likeness (QED) is 0.631. The molecule has 2 amide bonds. The van der Waals surface area contributed by atoms with E-state index < -0.39 is 11.3 Å². The monoisotopic (exact) mass is 480 g/mol. The number of nitrogens with zero attached hydrogens (tertiary/aromatic N) is 3. The molecule has 2 aliphatic rings. The lowest BCUT2D eigenvalue weighted by Gasteiger charge is -2.27. The summed E-state index contributed by atoms with van der Waals surface area (Å²) in [5, 5.41) is 2.83. The average molecular weight is 481 g/mol. The highest BCUT2D eigenvalue weighted by Crippen LogP contribution is 2.36. The fraction of sp³-hybridized carbons (Fsp3) is 0.360. The summed E-state index contributed by atoms with van der Waals surface area (Å²) in [7, 11) is 3.10. The first-order valence-electron chi connectivity index (χ1n) is 11.1. The van der Waals surface area contributed by atoms with Crippen LogP contribution in [0.4, 0.5) is 11.4 Å². The molecule has 2 atom stereocenters. The number of para-hydroxylation sites is 1. The van der Waals surface area contributed by atoms with Crippen LogP contribution >= 0.6 is 11.8 Å². The van der Waals surface area contributed by atoms with Gasteiger partial charge in [0.1, 0.15) is 23.4 Å². The summed E-state index contributed by atoms with van der Waals surface area (Å²) >= 11 is 1.23. The molecule has 0 saturated carbocycles. The molecule has 0 radical (unpaired) electrons. The SMILES string of the molecule is COc1cc(NC(=O)[C@@H](C)SC2=Nc3ccccc3C3=N[C@@H](CC(C)C)C(=O)N23)cc(OC)c1. The Morgan fingerprint density at radius 2 is 1.79 bits per heavy atom. The molecule has 0 saturated heterocycles. The Hall–Kier alpha value is -3.33. The third-order valence-corrected chi connectivity index (χ3v) is 6.57. The zero-order valence-corrected chi connectivity index (χ0v) is 20.7. The molecule has 2 heterocycles. The van der Waals surface area contributed by atoms with Crippen molar-refractivity contribution in [3.8, 4) is 11.5 Å². The number of methoxy groups -OCH3 is 2. The number of fused-ring (bicyclic) bond motifs is 3. The van der Waals surface area contributed by atoms with Crippen LogP contribution in [0.5, 0.6) is 11.5 Å². The normalized spacial score (nSPS) is 17.5. The van der Waals surface area contributed by atoms with Crippen molar-refractivity contribution in [1.29, 1.82) is 0 Å². The molecule has 9 heteroatoms. The number of ether oxygens (including phenoxy) is 2. The molecule has 2 aromatic carbocycles. The van der Waals surface area contributed by atoms with Gasteiger partial charge >= 0.3 is 0 Å². The number of amidine groups is 2. The molecule has 2 aliphatic heterocycles. The van der Waals surface area contributed by atoms with Crippen molar-refractivity contribution >= 4 is 46.0 Å². The van der Waals surface area contributed by atoms with E-state index >= 15 is 0 Å². The maximum Gasteiger partial charge on any atom is 0.259 e. The maximum absolute atomic E-state index is 13.3. The van der Waals surface area contributed by atoms with Crippen LogP contribution in [-0.4, -0.2) is 53.2 Å². The van der Waals surface area contributed by atoms with Gasteiger partial charge in [0.15, 0.2) is 5.17 Å². The number of carbonyl (C=O) groups is 2. The second-order valence-electron chi connectivity index (χ2n) is 8.53. The molecule has 2 aromatic rings. The third-order valence-electron chi connectivity index (χ3n) is 5.51. The van der Waals surface area contributed by atoms with E-state index in [1.54, 1.807) is 44.2 Å². The minimum Gasteiger partial charge on any atom is -0.497 e. The fourth-order valence-electron chi connectivity index (χ4n) is 3.82. The Bertz CT molecular complexity index is 1160. The third kappa shape index (κ3) is 4.79. The number of rotatable bonds is 7. The van der Waals surface area contributed by atoms with E-state index in [0.717, 1.165) is 11.3 Å². The van der Waals surface area contributed by atoms with Crippen LogP contribution in [0.25, 0.3) is 0 Å². The summed E-state index contributed by atoms with van der Waals surface area (Å²) in [4.78, 5) is 37.3. The Morgan fingerprint density at radius 1 is 1.12 bits per heavy atom. The summed E-state index contributed by atoms with van der Waals surface area (Å²) in [6, 6.07) is 12.3. The van der Waals surface area contributed by atoms with Gasteiger partial charge in [-0.15, -0.1) is 0 Å². The van der Waals surface area contributed by atoms with Gasteiger partial charge in [0.05, 0.1) is 25.2 Å². The number of benzene rings is 2. The van der Waals surface area contributed by atoms with Gasteiger partial charge < -0.3 is 14.8 Å². The molecule has 8 nitrogen and oxygen atoms in total. The molecule has 0 unspecified atom stereocenters. The molecule has 0 aromatic heterocycles. The van der Waals surface area contributed by atoms with Crippen molar-refractivity contribution in [1.82, 2.24) is 4.90 Å². The summed E-state index contributed by atoms with van der Waals surface area (Å²) in [5.74, 6) is 1.74. The molecule has 0 aliphatic carbocycles. The number of carbonyl (C=O) groups excluding carboxylic acids is 2. The molecule has 0 spiro atoms. The van der Waals surface area contributed by atoms with E-state index in [-0.39, 0.29) is 11.8 Å². The van der Waals surface area contributed by atoms with E-state index in [1.165, 1.54) is 11.8 Å². The number of aliphatic imine (C=N–C) groups is 2. The predicted molar refractivity (Wildman–Crippen MR) is 135 cm³/mol. The number of thioether (sulfide) groups is 1. The molecule has 178 valence electrons. The average Bonchev–Trinajstić information content (AvgIpc) is 3.14. The largest absolute Gasteiger partial charge is 0.497 e. The zero-order chi connectivity index (χ0) is 24.4. The molecule has 0 fully saturated rings. The standard InChI is InChI=1S/C25H28N4O4S/c1-14(2)10-21-24(31)29-22(27-21)19-8-6-7-9-20(19)28-25(29)34-15(3)23(30)26-16-11-17(32-4)13-18(12-16)33-5/h6-9,11-15,21H,10H2,1-5H3,(H,26,30)/t15-,21+/m1/s1. The van der Waals surface area contributed by atoms with E-state index in [0.29, 0.717) is 40.5 Å². The van der Waals surface area contributed by atoms with Gasteiger partial charge in [0.2, 0.25) is 5.91 Å². The lowest BCUT2D eigenvalue weighted by Crippen LogP contribution is -2.42. The van der Waals surface area contributed by atoms with Gasteiger partial charge in [-0.05, 0) is 31.4 Å². The summed E-state index contributed by atoms with van der Waals surface area (Å²) in [5.41, 5.74) is 2.12. The van der Waals surface area contributed by atoms with Crippen molar-refractivity contribution in [2.24, 2.45) is 15.9 Å². The smallest absolute Gasteiger partial charge is 0.259 e. The predicted octanol–water partition coefficient (Wildman–Crippen LogP) is 4.47. The van der Waals surface area contributed by atoms with Gasteiger partial charge in [-0.2, -0.15) is 0 Å². The lowest BCUT2D eigenvalue weighted by molar-refractivity contribution is -0.125. The maximum atomic E-state index is 13.3. The van der Waals surface area contributed by atoms with Crippen LogP contribution in [0.2, 0.25) is 0 Å². The first-order valence-corrected chi connectivity index (χ1v) is 12.0. The second-order valence-corrected chi connectivity index (χ2v) is 9.84. The van der Waals surface area contributed by atoms with E-state index in [4.69, 9.17) is 19.5 Å². The van der Waals surface area contributed by atoms with Gasteiger partial charge in [-0.1, -0.05) is 37.7 Å². The first kappa shape index (κ1) is 23.8. The van der Waals surface area contributed by atoms with Crippen LogP contribution in [-0.2, 0) is 9.59 Å². The van der Waals surface area contributed by atoms with Crippen LogP contribution in [0, 0.1) is 5.92 Å². The number of anilines is 1. The molecule has 34 heavy (non-hydrogen) atoms. The van der Waals surface area contributed by atoms with Gasteiger partial charge in [0.25, 0.3) is 5.91 Å². The summed E-state index contributed by atoms with van der Waals surface area (Å²) in [6.45, 7) is 5.92. The molecular weight excluding hydrogens is 452 g/mol. The van der Waals surface area contributed by atoms with E-state index in [2.05, 4.69) is 19.2 Å². The molecular formula is C25H28N4O4S. The Kier molecular flexibility index (Phi) is 6.92. The highest BCUT2D eigenvalue weighted by Gasteiger charge is 2.42. The summed E-state index contributed by atoms with van der Waals surface area (Å²) in [6.07, 6.45) is 0.659. The minimum atomic E-state index is -0.528. The van der Waals surface area contributed by atoms with Crippen molar-refractivity contribution in [3.05, 3.63) is 48.0 Å². The van der Waals surface area contributed by atoms with Gasteiger partial charge in [0, 0.05) is 29.4 Å². The van der Waals surface area contributed by atoms with Crippen molar-refractivity contribution in [2.75, 3.05) is 19.5 Å². The first-order chi connectivity index (χ1) is 16.3. The molecule has 4 rings (SSSR count). The van der Waals surface area contributed by atoms with E-state index in [1.807, 2.05) is 24.3 Å². The number of amides is 2. The number of hydrogen-bond donors (Lipinski definition) is 1. The van der Waals surface area contributed by atoms with Crippen molar-refractivity contribution < 1.29 is 19.1 Å². The molecule has 1 N–H and O–H groups in total. The second kappa shape index (κ2) is 9.89. The highest BCUT2D eigenvalue weighted by molar-refractivity contribution is 8.15. The molecule has 0 bridgehead atoms. The zero-order valence-electron chi connectivity index (χ0n) is 19.9. The van der Waals surface area contributed by atoms with Crippen molar-refractivity contribution in [2.45, 2.75) is 38.5 Å². The van der Waals surface area contributed by atoms with Crippen LogP contribution in [0.15, 0.2) is 52.4 Å². The van der Waals surface area contributed by atoms with Crippen LogP contribution < -0.4 is 14.8 Å². The lowest BCUT2D eigenvalue weighted by atomic mass is 10.0. The number of nitrogens with one attached hydrogen (secondary N) is 1. The van der Waals surface area contributed by atoms with Crippen LogP contribution in [0.1, 0.15) is 32.8 Å². The Morgan fingerprint density at radius 3 is 2.44 bits per heavy atom. The van der Waals surface area contributed by atoms with Crippen molar-refractivity contribution in [3.63, 3.8) is 0 Å². The summed E-state index contributed by atoms with van der Waals surface area (Å²) < 4.78 is 10.6. The van der Waals surface area contributed by atoms with Gasteiger partial charge in [-0.3, -0.25) is 14.6 Å². The highest BCUT2D eigenvalue weighted by atomic mass is 32.2. The van der Waals surface area contributed by atoms with Crippen LogP contribution in [0.3, 0.4) is 0 Å². The fourth-order valence-corrected chi connectivity index (χ4v) is 4.73. The Balaban J connectivity index is 1.57. The van der Waals surface area contributed by atoms with Gasteiger partial charge in [-0.25, -0.2) is 9.89 Å². The van der Waals surface area contributed by atoms with E-state index in [9.17, 15) is 9.59 Å². The topological polar surface area (TPSA) is 92.6 Å².